The second kappa shape index (κ2) is 4.61. The normalized spacial score (nSPS) is 11.2. The Labute approximate surface area is 105 Å². The van der Waals surface area contributed by atoms with Crippen molar-refractivity contribution in [3.63, 3.8) is 0 Å². The summed E-state index contributed by atoms with van der Waals surface area (Å²) in [6.07, 6.45) is 4.08. The number of hydrogen-bond acceptors (Lipinski definition) is 5. The third kappa shape index (κ3) is 2.57. The number of nitrogens with one attached hydrogen (secondary N) is 1. The van der Waals surface area contributed by atoms with Gasteiger partial charge in [0.1, 0.15) is 4.90 Å². The van der Waals surface area contributed by atoms with E-state index in [4.69, 9.17) is 5.73 Å². The third-order valence-corrected chi connectivity index (χ3v) is 3.69. The summed E-state index contributed by atoms with van der Waals surface area (Å²) in [5.41, 5.74) is 6.94. The van der Waals surface area contributed by atoms with Crippen LogP contribution in [0.25, 0.3) is 0 Å². The number of aryl methyl sites for hydroxylation is 1. The molecule has 0 radical (unpaired) electrons. The fourth-order valence-electron chi connectivity index (χ4n) is 1.35. The van der Waals surface area contributed by atoms with Crippen molar-refractivity contribution in [1.29, 1.82) is 0 Å². The maximum Gasteiger partial charge on any atom is 0.265 e. The minimum absolute atomic E-state index is 0.0504. The van der Waals surface area contributed by atoms with Crippen molar-refractivity contribution in [2.75, 3.05) is 10.5 Å². The van der Waals surface area contributed by atoms with Crippen LogP contribution in [0.1, 0.15) is 5.69 Å². The first-order chi connectivity index (χ1) is 8.49. The minimum atomic E-state index is -3.73. The SMILES string of the molecule is Cc1ccc(NS(=O)(=O)c2cnccc2N)cn1. The van der Waals surface area contributed by atoms with Crippen molar-refractivity contribution in [1.82, 2.24) is 9.97 Å². The molecule has 0 saturated heterocycles. The highest BCUT2D eigenvalue weighted by Crippen LogP contribution is 2.19. The molecule has 2 aromatic heterocycles. The molecular formula is C11H12N4O2S. The summed E-state index contributed by atoms with van der Waals surface area (Å²) in [4.78, 5) is 7.71. The van der Waals surface area contributed by atoms with Crippen molar-refractivity contribution in [2.24, 2.45) is 0 Å². The topological polar surface area (TPSA) is 98.0 Å². The molecule has 3 N–H and O–H groups in total. The molecule has 2 heterocycles. The number of nitrogens with zero attached hydrogens (tertiary/aromatic N) is 2. The van der Waals surface area contributed by atoms with Gasteiger partial charge in [-0.3, -0.25) is 14.7 Å². The van der Waals surface area contributed by atoms with E-state index >= 15 is 0 Å². The Kier molecular flexibility index (Phi) is 3.15. The molecule has 0 atom stereocenters. The molecular weight excluding hydrogens is 252 g/mol. The standard InChI is InChI=1S/C11H12N4O2S/c1-8-2-3-9(6-14-8)15-18(16,17)11-7-13-5-4-10(11)12/h2-7,15H,1H3,(H2,12,13). The Balaban J connectivity index is 2.33. The van der Waals surface area contributed by atoms with Crippen molar-refractivity contribution >= 4 is 21.4 Å². The molecule has 0 amide bonds. The number of rotatable bonds is 3. The lowest BCUT2D eigenvalue weighted by molar-refractivity contribution is 0.601. The zero-order valence-electron chi connectivity index (χ0n) is 9.66. The van der Waals surface area contributed by atoms with Crippen LogP contribution in [0.3, 0.4) is 0 Å². The molecule has 0 saturated carbocycles. The molecule has 6 nitrogen and oxygen atoms in total. The molecule has 0 aromatic carbocycles. The van der Waals surface area contributed by atoms with Crippen LogP contribution in [0.2, 0.25) is 0 Å². The highest BCUT2D eigenvalue weighted by atomic mass is 32.2. The lowest BCUT2D eigenvalue weighted by Gasteiger charge is -2.09. The number of aromatic nitrogens is 2. The molecule has 7 heteroatoms. The molecule has 0 aliphatic carbocycles. The number of hydrogen-bond donors (Lipinski definition) is 2. The van der Waals surface area contributed by atoms with Gasteiger partial charge in [-0.25, -0.2) is 8.42 Å². The van der Waals surface area contributed by atoms with Gasteiger partial charge < -0.3 is 5.73 Å². The van der Waals surface area contributed by atoms with Gasteiger partial charge in [0.05, 0.1) is 17.6 Å². The van der Waals surface area contributed by atoms with Crippen LogP contribution in [0.5, 0.6) is 0 Å². The van der Waals surface area contributed by atoms with E-state index in [9.17, 15) is 8.42 Å². The summed E-state index contributed by atoms with van der Waals surface area (Å²) in [6.45, 7) is 1.82. The summed E-state index contributed by atoms with van der Waals surface area (Å²) >= 11 is 0. The van der Waals surface area contributed by atoms with Crippen LogP contribution in [0, 0.1) is 6.92 Å². The predicted molar refractivity (Wildman–Crippen MR) is 68.4 cm³/mol. The average Bonchev–Trinajstić information content (AvgIpc) is 2.32. The summed E-state index contributed by atoms with van der Waals surface area (Å²) in [6, 6.07) is 4.78. The Morgan fingerprint density at radius 3 is 2.61 bits per heavy atom. The monoisotopic (exact) mass is 264 g/mol. The molecule has 18 heavy (non-hydrogen) atoms. The predicted octanol–water partition coefficient (Wildman–Crippen LogP) is 1.17. The van der Waals surface area contributed by atoms with E-state index in [0.29, 0.717) is 5.69 Å². The van der Waals surface area contributed by atoms with E-state index in [-0.39, 0.29) is 10.6 Å². The summed E-state index contributed by atoms with van der Waals surface area (Å²) in [5, 5.41) is 0. The summed E-state index contributed by atoms with van der Waals surface area (Å²) in [7, 11) is -3.73. The molecule has 0 spiro atoms. The van der Waals surface area contributed by atoms with Crippen LogP contribution in [-0.2, 0) is 10.0 Å². The third-order valence-electron chi connectivity index (χ3n) is 2.27. The van der Waals surface area contributed by atoms with Crippen LogP contribution < -0.4 is 10.5 Å². The van der Waals surface area contributed by atoms with Gasteiger partial charge in [-0.15, -0.1) is 0 Å². The fraction of sp³-hybridized carbons (Fsp3) is 0.0909. The zero-order valence-corrected chi connectivity index (χ0v) is 10.5. The van der Waals surface area contributed by atoms with Gasteiger partial charge in [0.2, 0.25) is 0 Å². The van der Waals surface area contributed by atoms with Gasteiger partial charge in [0.25, 0.3) is 10.0 Å². The Bertz CT molecular complexity index is 653. The first-order valence-corrected chi connectivity index (χ1v) is 6.62. The van der Waals surface area contributed by atoms with Gasteiger partial charge in [-0.2, -0.15) is 0 Å². The molecule has 0 aliphatic heterocycles. The molecule has 2 rings (SSSR count). The van der Waals surface area contributed by atoms with Crippen LogP contribution in [0.4, 0.5) is 11.4 Å². The van der Waals surface area contributed by atoms with Gasteiger partial charge in [-0.05, 0) is 25.1 Å². The quantitative estimate of drug-likeness (QED) is 0.867. The smallest absolute Gasteiger partial charge is 0.265 e. The highest BCUT2D eigenvalue weighted by Gasteiger charge is 2.17. The van der Waals surface area contributed by atoms with E-state index < -0.39 is 10.0 Å². The lowest BCUT2D eigenvalue weighted by Crippen LogP contribution is -2.15. The maximum atomic E-state index is 12.0. The van der Waals surface area contributed by atoms with Crippen LogP contribution in [-0.4, -0.2) is 18.4 Å². The lowest BCUT2D eigenvalue weighted by atomic mass is 10.4. The van der Waals surface area contributed by atoms with E-state index in [1.165, 1.54) is 24.7 Å². The van der Waals surface area contributed by atoms with Gasteiger partial charge in [-0.1, -0.05) is 0 Å². The van der Waals surface area contributed by atoms with E-state index in [0.717, 1.165) is 5.69 Å². The molecule has 0 unspecified atom stereocenters. The summed E-state index contributed by atoms with van der Waals surface area (Å²) in [5.74, 6) is 0. The number of nitrogens with two attached hydrogens (primary N) is 1. The van der Waals surface area contributed by atoms with Crippen molar-refractivity contribution < 1.29 is 8.42 Å². The van der Waals surface area contributed by atoms with Crippen LogP contribution in [0.15, 0.2) is 41.7 Å². The Morgan fingerprint density at radius 1 is 1.22 bits per heavy atom. The minimum Gasteiger partial charge on any atom is -0.398 e. The molecule has 0 fully saturated rings. The van der Waals surface area contributed by atoms with E-state index in [2.05, 4.69) is 14.7 Å². The van der Waals surface area contributed by atoms with Crippen molar-refractivity contribution in [3.8, 4) is 0 Å². The van der Waals surface area contributed by atoms with Crippen molar-refractivity contribution in [3.05, 3.63) is 42.5 Å². The van der Waals surface area contributed by atoms with Crippen molar-refractivity contribution in [2.45, 2.75) is 11.8 Å². The number of pyridine rings is 2. The molecule has 2 aromatic rings. The van der Waals surface area contributed by atoms with E-state index in [1.807, 2.05) is 6.92 Å². The Morgan fingerprint density at radius 2 is 2.00 bits per heavy atom. The second-order valence-electron chi connectivity index (χ2n) is 3.71. The number of nitrogen functional groups attached to an aromatic ring is 1. The zero-order chi connectivity index (χ0) is 13.2. The maximum absolute atomic E-state index is 12.0. The van der Waals surface area contributed by atoms with Crippen LogP contribution >= 0.6 is 0 Å². The molecule has 0 aliphatic rings. The van der Waals surface area contributed by atoms with Gasteiger partial charge >= 0.3 is 0 Å². The van der Waals surface area contributed by atoms with Gasteiger partial charge in [0, 0.05) is 18.1 Å². The highest BCUT2D eigenvalue weighted by molar-refractivity contribution is 7.92. The van der Waals surface area contributed by atoms with E-state index in [1.54, 1.807) is 12.1 Å². The molecule has 94 valence electrons. The first-order valence-electron chi connectivity index (χ1n) is 5.14. The Hall–Kier alpha value is -2.15. The summed E-state index contributed by atoms with van der Waals surface area (Å²) < 4.78 is 26.5. The first kappa shape index (κ1) is 12.3. The second-order valence-corrected chi connectivity index (χ2v) is 5.36. The fourth-order valence-corrected chi connectivity index (χ4v) is 2.47. The average molecular weight is 264 g/mol. The number of sulfonamides is 1. The molecule has 0 bridgehead atoms. The van der Waals surface area contributed by atoms with Gasteiger partial charge in [0.15, 0.2) is 0 Å². The number of anilines is 2. The largest absolute Gasteiger partial charge is 0.398 e.